The van der Waals surface area contributed by atoms with Gasteiger partial charge in [0.05, 0.1) is 11.4 Å². The topological polar surface area (TPSA) is 55.2 Å². The van der Waals surface area contributed by atoms with Gasteiger partial charge in [-0.15, -0.1) is 0 Å². The van der Waals surface area contributed by atoms with E-state index in [0.29, 0.717) is 18.1 Å². The maximum Gasteiger partial charge on any atom is 0.218 e. The second kappa shape index (κ2) is 6.63. The summed E-state index contributed by atoms with van der Waals surface area (Å²) in [7, 11) is -1.47. The van der Waals surface area contributed by atoms with Crippen molar-refractivity contribution in [2.45, 2.75) is 24.5 Å². The molecule has 1 saturated heterocycles. The Kier molecular flexibility index (Phi) is 4.75. The minimum atomic E-state index is -3.35. The van der Waals surface area contributed by atoms with E-state index in [-0.39, 0.29) is 11.7 Å². The van der Waals surface area contributed by atoms with Crippen LogP contribution in [-0.2, 0) is 22.8 Å². The third-order valence-electron chi connectivity index (χ3n) is 4.17. The summed E-state index contributed by atoms with van der Waals surface area (Å²) in [5.74, 6) is 0.154. The number of benzene rings is 1. The molecule has 0 N–H and O–H groups in total. The van der Waals surface area contributed by atoms with Crippen LogP contribution in [0.3, 0.4) is 0 Å². The van der Waals surface area contributed by atoms with Crippen LogP contribution in [0.4, 0.5) is 0 Å². The van der Waals surface area contributed by atoms with E-state index < -0.39 is 10.0 Å². The Morgan fingerprint density at radius 3 is 2.87 bits per heavy atom. The molecule has 2 aromatic rings. The summed E-state index contributed by atoms with van der Waals surface area (Å²) in [6, 6.07) is 9.00. The van der Waals surface area contributed by atoms with Gasteiger partial charge >= 0.3 is 0 Å². The zero-order chi connectivity index (χ0) is 16.4. The fourth-order valence-electron chi connectivity index (χ4n) is 3.02. The molecule has 0 saturated carbocycles. The number of halogens is 1. The van der Waals surface area contributed by atoms with Crippen LogP contribution in [0.1, 0.15) is 30.0 Å². The van der Waals surface area contributed by atoms with Crippen LogP contribution < -0.4 is 0 Å². The average Bonchev–Trinajstić information content (AvgIpc) is 2.94. The highest BCUT2D eigenvalue weighted by molar-refractivity contribution is 7.88. The summed E-state index contributed by atoms with van der Waals surface area (Å²) in [5, 5.41) is 4.98. The second-order valence-corrected chi connectivity index (χ2v) is 8.40. The Balaban J connectivity index is 1.74. The molecular weight excluding hydrogens is 334 g/mol. The lowest BCUT2D eigenvalue weighted by molar-refractivity contribution is 0.311. The first-order valence-electron chi connectivity index (χ1n) is 7.66. The van der Waals surface area contributed by atoms with Crippen molar-refractivity contribution in [1.29, 1.82) is 0 Å². The molecule has 124 valence electrons. The zero-order valence-electron chi connectivity index (χ0n) is 13.0. The van der Waals surface area contributed by atoms with E-state index in [1.165, 1.54) is 0 Å². The van der Waals surface area contributed by atoms with Gasteiger partial charge in [0, 0.05) is 37.3 Å². The smallest absolute Gasteiger partial charge is 0.218 e. The molecule has 3 rings (SSSR count). The molecule has 23 heavy (non-hydrogen) atoms. The van der Waals surface area contributed by atoms with Gasteiger partial charge in [-0.25, -0.2) is 12.7 Å². The molecule has 2 heterocycles. The van der Waals surface area contributed by atoms with Gasteiger partial charge in [0.25, 0.3) is 0 Å². The van der Waals surface area contributed by atoms with Crippen LogP contribution in [0, 0.1) is 0 Å². The van der Waals surface area contributed by atoms with Gasteiger partial charge in [0.1, 0.15) is 0 Å². The Labute approximate surface area is 141 Å². The number of hydrogen-bond acceptors (Lipinski definition) is 3. The molecule has 7 heteroatoms. The first-order valence-corrected chi connectivity index (χ1v) is 9.64. The SMILES string of the molecule is Cn1ccc(C2CCCN(S(=O)(=O)Cc3cccc(Cl)c3)C2)n1. The third kappa shape index (κ3) is 3.94. The van der Waals surface area contributed by atoms with E-state index in [1.807, 2.05) is 19.3 Å². The van der Waals surface area contributed by atoms with E-state index in [2.05, 4.69) is 5.10 Å². The van der Waals surface area contributed by atoms with Crippen molar-refractivity contribution in [2.75, 3.05) is 13.1 Å². The molecule has 0 aliphatic carbocycles. The Bertz CT molecular complexity index is 788. The summed E-state index contributed by atoms with van der Waals surface area (Å²) in [6.45, 7) is 1.08. The average molecular weight is 354 g/mol. The van der Waals surface area contributed by atoms with Crippen molar-refractivity contribution >= 4 is 21.6 Å². The molecule has 1 aliphatic heterocycles. The van der Waals surface area contributed by atoms with E-state index in [1.54, 1.807) is 33.3 Å². The fraction of sp³-hybridized carbons (Fsp3) is 0.438. The van der Waals surface area contributed by atoms with Gasteiger partial charge in [-0.3, -0.25) is 4.68 Å². The third-order valence-corrected chi connectivity index (χ3v) is 6.22. The van der Waals surface area contributed by atoms with E-state index >= 15 is 0 Å². The van der Waals surface area contributed by atoms with Gasteiger partial charge in [-0.2, -0.15) is 5.10 Å². The number of nitrogens with zero attached hydrogens (tertiary/aromatic N) is 3. The molecular formula is C16H20ClN3O2S. The van der Waals surface area contributed by atoms with Crippen LogP contribution >= 0.6 is 11.6 Å². The largest absolute Gasteiger partial charge is 0.276 e. The van der Waals surface area contributed by atoms with Crippen molar-refractivity contribution in [3.8, 4) is 0 Å². The van der Waals surface area contributed by atoms with Crippen LogP contribution in [0.5, 0.6) is 0 Å². The highest BCUT2D eigenvalue weighted by Crippen LogP contribution is 2.28. The minimum Gasteiger partial charge on any atom is -0.276 e. The van der Waals surface area contributed by atoms with Crippen molar-refractivity contribution in [3.63, 3.8) is 0 Å². The minimum absolute atomic E-state index is 0.0114. The number of piperidine rings is 1. The molecule has 0 spiro atoms. The molecule has 5 nitrogen and oxygen atoms in total. The normalized spacial score (nSPS) is 19.8. The maximum absolute atomic E-state index is 12.7. The lowest BCUT2D eigenvalue weighted by Crippen LogP contribution is -2.39. The standard InChI is InChI=1S/C16H20ClN3O2S/c1-19-9-7-16(18-19)14-5-3-8-20(11-14)23(21,22)12-13-4-2-6-15(17)10-13/h2,4,6-7,9-10,14H,3,5,8,11-12H2,1H3. The lowest BCUT2D eigenvalue weighted by atomic mass is 9.96. The number of rotatable bonds is 4. The lowest BCUT2D eigenvalue weighted by Gasteiger charge is -2.31. The number of aromatic nitrogens is 2. The van der Waals surface area contributed by atoms with Crippen molar-refractivity contribution in [2.24, 2.45) is 7.05 Å². The van der Waals surface area contributed by atoms with Crippen molar-refractivity contribution in [3.05, 3.63) is 52.8 Å². The van der Waals surface area contributed by atoms with Crippen molar-refractivity contribution < 1.29 is 8.42 Å². The van der Waals surface area contributed by atoms with E-state index in [9.17, 15) is 8.42 Å². The monoisotopic (exact) mass is 353 g/mol. The van der Waals surface area contributed by atoms with Crippen molar-refractivity contribution in [1.82, 2.24) is 14.1 Å². The Morgan fingerprint density at radius 2 is 2.17 bits per heavy atom. The molecule has 0 bridgehead atoms. The molecule has 1 aromatic heterocycles. The molecule has 1 aromatic carbocycles. The summed E-state index contributed by atoms with van der Waals surface area (Å²) in [4.78, 5) is 0. The number of hydrogen-bond donors (Lipinski definition) is 0. The quantitative estimate of drug-likeness (QED) is 0.849. The zero-order valence-corrected chi connectivity index (χ0v) is 14.6. The molecule has 1 atom stereocenters. The summed E-state index contributed by atoms with van der Waals surface area (Å²) in [6.07, 6.45) is 3.73. The summed E-state index contributed by atoms with van der Waals surface area (Å²) in [5.41, 5.74) is 1.69. The van der Waals surface area contributed by atoms with E-state index in [4.69, 9.17) is 11.6 Å². The highest BCUT2D eigenvalue weighted by Gasteiger charge is 2.30. The van der Waals surface area contributed by atoms with Crippen LogP contribution in [0.15, 0.2) is 36.5 Å². The second-order valence-electron chi connectivity index (χ2n) is 6.00. The first-order chi connectivity index (χ1) is 10.9. The summed E-state index contributed by atoms with van der Waals surface area (Å²) < 4.78 is 28.8. The van der Waals surface area contributed by atoms with Crippen LogP contribution in [0.25, 0.3) is 0 Å². The Morgan fingerprint density at radius 1 is 1.35 bits per heavy atom. The predicted molar refractivity (Wildman–Crippen MR) is 90.8 cm³/mol. The van der Waals surface area contributed by atoms with Crippen LogP contribution in [-0.4, -0.2) is 35.6 Å². The van der Waals surface area contributed by atoms with Gasteiger partial charge in [-0.1, -0.05) is 23.7 Å². The molecule has 1 unspecified atom stereocenters. The predicted octanol–water partition coefficient (Wildman–Crippen LogP) is 2.78. The highest BCUT2D eigenvalue weighted by atomic mass is 35.5. The van der Waals surface area contributed by atoms with Gasteiger partial charge in [0.2, 0.25) is 10.0 Å². The summed E-state index contributed by atoms with van der Waals surface area (Å²) >= 11 is 5.95. The first kappa shape index (κ1) is 16.5. The Hall–Kier alpha value is -1.37. The molecule has 0 amide bonds. The van der Waals surface area contributed by atoms with Gasteiger partial charge in [-0.05, 0) is 36.6 Å². The molecule has 1 fully saturated rings. The number of aryl methyl sites for hydroxylation is 1. The van der Waals surface area contributed by atoms with Gasteiger partial charge in [0.15, 0.2) is 0 Å². The fourth-order valence-corrected chi connectivity index (χ4v) is 4.83. The molecule has 0 radical (unpaired) electrons. The molecule has 1 aliphatic rings. The van der Waals surface area contributed by atoms with Gasteiger partial charge < -0.3 is 0 Å². The van der Waals surface area contributed by atoms with E-state index in [0.717, 1.165) is 24.1 Å². The number of sulfonamides is 1. The van der Waals surface area contributed by atoms with Crippen LogP contribution in [0.2, 0.25) is 5.02 Å². The maximum atomic E-state index is 12.7.